The van der Waals surface area contributed by atoms with Crippen LogP contribution in [0, 0.1) is 0 Å². The third-order valence-corrected chi connectivity index (χ3v) is 4.31. The average molecular weight is 358 g/mol. The Kier molecular flexibility index (Phi) is 3.49. The molecule has 0 bridgehead atoms. The number of alkyl halides is 3. The summed E-state index contributed by atoms with van der Waals surface area (Å²) in [5, 5.41) is 8.73. The van der Waals surface area contributed by atoms with E-state index in [-0.39, 0.29) is 16.6 Å². The predicted octanol–water partition coefficient (Wildman–Crippen LogP) is 1.36. The van der Waals surface area contributed by atoms with Crippen molar-refractivity contribution in [3.63, 3.8) is 0 Å². The van der Waals surface area contributed by atoms with Gasteiger partial charge in [0.15, 0.2) is 0 Å². The highest BCUT2D eigenvalue weighted by Gasteiger charge is 2.36. The van der Waals surface area contributed by atoms with Crippen LogP contribution in [-0.4, -0.2) is 23.0 Å². The molecule has 24 heavy (non-hydrogen) atoms. The quantitative estimate of drug-likeness (QED) is 0.720. The molecule has 126 valence electrons. The maximum atomic E-state index is 13.2. The van der Waals surface area contributed by atoms with Gasteiger partial charge in [-0.2, -0.15) is 18.3 Å². The van der Waals surface area contributed by atoms with E-state index in [9.17, 15) is 26.4 Å². The summed E-state index contributed by atoms with van der Waals surface area (Å²) in [5.74, 6) is 0. The molecular weight excluding hydrogens is 349 g/mol. The predicted molar refractivity (Wildman–Crippen MR) is 77.6 cm³/mol. The average Bonchev–Trinajstić information content (AvgIpc) is 2.90. The number of sulfonamides is 1. The molecule has 0 radical (unpaired) electrons. The van der Waals surface area contributed by atoms with Crippen molar-refractivity contribution in [3.8, 4) is 11.1 Å². The SMILES string of the molecule is NS(=O)(=O)c1ccc(-c2cnn3cc[nH]c(=O)c23)cc1C(F)(F)F. The zero-order chi connectivity index (χ0) is 17.7. The molecular formula is C13H9F3N4O3S. The number of hydrogen-bond donors (Lipinski definition) is 2. The fourth-order valence-electron chi connectivity index (χ4n) is 2.33. The molecule has 0 aliphatic carbocycles. The molecule has 2 aromatic heterocycles. The molecule has 0 aliphatic rings. The molecule has 0 unspecified atom stereocenters. The fraction of sp³-hybridized carbons (Fsp3) is 0.0769. The maximum Gasteiger partial charge on any atom is 0.417 e. The van der Waals surface area contributed by atoms with Crippen LogP contribution in [-0.2, 0) is 16.2 Å². The first-order valence-electron chi connectivity index (χ1n) is 6.38. The molecule has 11 heteroatoms. The first-order valence-corrected chi connectivity index (χ1v) is 7.93. The normalized spacial score (nSPS) is 12.7. The number of hydrogen-bond acceptors (Lipinski definition) is 4. The Morgan fingerprint density at radius 2 is 1.96 bits per heavy atom. The van der Waals surface area contributed by atoms with Crippen LogP contribution in [0.15, 0.2) is 46.5 Å². The Morgan fingerprint density at radius 3 is 2.58 bits per heavy atom. The second-order valence-corrected chi connectivity index (χ2v) is 6.42. The summed E-state index contributed by atoms with van der Waals surface area (Å²) in [5.41, 5.74) is -1.80. The van der Waals surface area contributed by atoms with Crippen molar-refractivity contribution in [2.75, 3.05) is 0 Å². The van der Waals surface area contributed by atoms with E-state index in [0.29, 0.717) is 6.07 Å². The molecule has 0 spiro atoms. The van der Waals surface area contributed by atoms with Crippen molar-refractivity contribution >= 4 is 15.5 Å². The molecule has 3 N–H and O–H groups in total. The van der Waals surface area contributed by atoms with Gasteiger partial charge in [-0.05, 0) is 17.7 Å². The number of benzene rings is 1. The van der Waals surface area contributed by atoms with Gasteiger partial charge in [-0.25, -0.2) is 18.1 Å². The van der Waals surface area contributed by atoms with E-state index >= 15 is 0 Å². The number of aromatic nitrogens is 3. The second-order valence-electron chi connectivity index (χ2n) is 4.89. The number of H-pyrrole nitrogens is 1. The van der Waals surface area contributed by atoms with Crippen molar-refractivity contribution in [2.45, 2.75) is 11.1 Å². The van der Waals surface area contributed by atoms with E-state index < -0.39 is 32.2 Å². The largest absolute Gasteiger partial charge is 0.417 e. The first-order chi connectivity index (χ1) is 11.1. The smallest absolute Gasteiger partial charge is 0.326 e. The van der Waals surface area contributed by atoms with Crippen LogP contribution < -0.4 is 10.7 Å². The van der Waals surface area contributed by atoms with Crippen LogP contribution in [0.3, 0.4) is 0 Å². The van der Waals surface area contributed by atoms with Gasteiger partial charge in [-0.1, -0.05) is 6.07 Å². The number of fused-ring (bicyclic) bond motifs is 1. The third-order valence-electron chi connectivity index (χ3n) is 3.34. The van der Waals surface area contributed by atoms with Crippen LogP contribution >= 0.6 is 0 Å². The summed E-state index contributed by atoms with van der Waals surface area (Å²) in [6.07, 6.45) is -0.967. The van der Waals surface area contributed by atoms with Crippen LogP contribution in [0.2, 0.25) is 0 Å². The van der Waals surface area contributed by atoms with E-state index in [1.165, 1.54) is 23.1 Å². The lowest BCUT2D eigenvalue weighted by atomic mass is 10.0. The van der Waals surface area contributed by atoms with E-state index in [0.717, 1.165) is 12.1 Å². The number of nitrogens with zero attached hydrogens (tertiary/aromatic N) is 2. The number of rotatable bonds is 2. The van der Waals surface area contributed by atoms with Crippen molar-refractivity contribution in [2.24, 2.45) is 5.14 Å². The molecule has 2 heterocycles. The molecule has 0 amide bonds. The Labute approximate surface area is 132 Å². The minimum atomic E-state index is -4.94. The monoisotopic (exact) mass is 358 g/mol. The number of nitrogens with one attached hydrogen (secondary N) is 1. The van der Waals surface area contributed by atoms with Crippen LogP contribution in [0.5, 0.6) is 0 Å². The van der Waals surface area contributed by atoms with E-state index in [2.05, 4.69) is 10.1 Å². The Balaban J connectivity index is 2.32. The Hall–Kier alpha value is -2.66. The minimum Gasteiger partial charge on any atom is -0.326 e. The number of nitrogens with two attached hydrogens (primary N) is 1. The van der Waals surface area contributed by atoms with Gasteiger partial charge in [0.25, 0.3) is 5.56 Å². The summed E-state index contributed by atoms with van der Waals surface area (Å²) in [6.45, 7) is 0. The zero-order valence-corrected chi connectivity index (χ0v) is 12.5. The molecule has 0 saturated heterocycles. The van der Waals surface area contributed by atoms with E-state index in [1.54, 1.807) is 0 Å². The van der Waals surface area contributed by atoms with Gasteiger partial charge in [-0.15, -0.1) is 0 Å². The van der Waals surface area contributed by atoms with Crippen molar-refractivity contribution < 1.29 is 21.6 Å². The summed E-state index contributed by atoms with van der Waals surface area (Å²) in [7, 11) is -4.56. The lowest BCUT2D eigenvalue weighted by Crippen LogP contribution is -2.19. The molecule has 3 aromatic rings. The molecule has 0 atom stereocenters. The van der Waals surface area contributed by atoms with Gasteiger partial charge in [-0.3, -0.25) is 4.79 Å². The molecule has 0 saturated carbocycles. The van der Waals surface area contributed by atoms with Crippen LogP contribution in [0.4, 0.5) is 13.2 Å². The number of aromatic amines is 1. The highest BCUT2D eigenvalue weighted by molar-refractivity contribution is 7.89. The highest BCUT2D eigenvalue weighted by Crippen LogP contribution is 2.37. The van der Waals surface area contributed by atoms with Crippen molar-refractivity contribution in [1.29, 1.82) is 0 Å². The van der Waals surface area contributed by atoms with Crippen molar-refractivity contribution in [3.05, 3.63) is 52.7 Å². The molecule has 0 fully saturated rings. The van der Waals surface area contributed by atoms with Gasteiger partial charge >= 0.3 is 6.18 Å². The zero-order valence-electron chi connectivity index (χ0n) is 11.7. The van der Waals surface area contributed by atoms with Gasteiger partial charge in [0.1, 0.15) is 5.52 Å². The van der Waals surface area contributed by atoms with Gasteiger partial charge in [0, 0.05) is 18.0 Å². The summed E-state index contributed by atoms with van der Waals surface area (Å²) in [4.78, 5) is 13.2. The lowest BCUT2D eigenvalue weighted by molar-refractivity contribution is -0.139. The maximum absolute atomic E-state index is 13.2. The highest BCUT2D eigenvalue weighted by atomic mass is 32.2. The van der Waals surface area contributed by atoms with Crippen LogP contribution in [0.1, 0.15) is 5.56 Å². The first kappa shape index (κ1) is 16.2. The Morgan fingerprint density at radius 1 is 1.25 bits per heavy atom. The second kappa shape index (κ2) is 5.18. The minimum absolute atomic E-state index is 0.0126. The van der Waals surface area contributed by atoms with Crippen LogP contribution in [0.25, 0.3) is 16.6 Å². The van der Waals surface area contributed by atoms with Gasteiger partial charge in [0.05, 0.1) is 16.7 Å². The van der Waals surface area contributed by atoms with E-state index in [1.807, 2.05) is 0 Å². The van der Waals surface area contributed by atoms with Gasteiger partial charge in [0.2, 0.25) is 10.0 Å². The Bertz CT molecular complexity index is 1100. The van der Waals surface area contributed by atoms with Gasteiger partial charge < -0.3 is 4.98 Å². The number of primary sulfonamides is 1. The summed E-state index contributed by atoms with van der Waals surface area (Å²) in [6, 6.07) is 2.52. The lowest BCUT2D eigenvalue weighted by Gasteiger charge is -2.12. The van der Waals surface area contributed by atoms with Crippen molar-refractivity contribution in [1.82, 2.24) is 14.6 Å². The standard InChI is InChI=1S/C13H9F3N4O3S/c14-13(15,16)9-5-7(1-2-10(9)24(17,22)23)8-6-19-20-4-3-18-12(21)11(8)20/h1-6H,(H,18,21)(H2,17,22,23). The topological polar surface area (TPSA) is 110 Å². The molecule has 3 rings (SSSR count). The molecule has 7 nitrogen and oxygen atoms in total. The number of halogens is 3. The molecule has 0 aliphatic heterocycles. The third kappa shape index (κ3) is 2.67. The summed E-state index contributed by atoms with van der Waals surface area (Å²) >= 11 is 0. The van der Waals surface area contributed by atoms with E-state index in [4.69, 9.17) is 5.14 Å². The molecule has 1 aromatic carbocycles. The summed E-state index contributed by atoms with van der Waals surface area (Å²) < 4.78 is 63.5. The fourth-order valence-corrected chi connectivity index (χ4v) is 3.07.